The first-order valence-corrected chi connectivity index (χ1v) is 12.5. The molecule has 36 heavy (non-hydrogen) atoms. The molecule has 8 heteroatoms. The second-order valence-electron chi connectivity index (χ2n) is 11.2. The zero-order valence-electron chi connectivity index (χ0n) is 22.3. The van der Waals surface area contributed by atoms with Gasteiger partial charge in [0.25, 0.3) is 5.91 Å². The van der Waals surface area contributed by atoms with Crippen molar-refractivity contribution in [2.24, 2.45) is 0 Å². The average molecular weight is 497 g/mol. The Labute approximate surface area is 214 Å². The van der Waals surface area contributed by atoms with Crippen molar-refractivity contribution in [1.29, 1.82) is 0 Å². The molecular formula is C28H40N4O4. The number of carbonyl (C=O) groups excluding carboxylic acids is 2. The topological polar surface area (TPSA) is 94.1 Å². The molecule has 1 saturated heterocycles. The number of para-hydroxylation sites is 2. The highest BCUT2D eigenvalue weighted by Crippen LogP contribution is 2.23. The van der Waals surface area contributed by atoms with Crippen molar-refractivity contribution in [3.05, 3.63) is 59.7 Å². The van der Waals surface area contributed by atoms with Crippen molar-refractivity contribution in [3.63, 3.8) is 0 Å². The van der Waals surface area contributed by atoms with Gasteiger partial charge in [-0.2, -0.15) is 0 Å². The van der Waals surface area contributed by atoms with Crippen molar-refractivity contribution in [1.82, 2.24) is 9.80 Å². The van der Waals surface area contributed by atoms with Gasteiger partial charge in [0.1, 0.15) is 5.60 Å². The molecule has 1 aliphatic heterocycles. The molecule has 0 aromatic heterocycles. The van der Waals surface area contributed by atoms with Gasteiger partial charge < -0.3 is 15.2 Å². The molecule has 196 valence electrons. The monoisotopic (exact) mass is 496 g/mol. The van der Waals surface area contributed by atoms with Gasteiger partial charge >= 0.3 is 6.09 Å². The molecule has 2 amide bonds. The molecule has 8 nitrogen and oxygen atoms in total. The molecule has 1 atom stereocenters. The summed E-state index contributed by atoms with van der Waals surface area (Å²) in [5.41, 5.74) is 1.33. The number of nitrogens with one attached hydrogen (secondary N) is 2. The number of hydrogen-bond acceptors (Lipinski definition) is 6. The number of ether oxygens (including phenoxy) is 1. The Kier molecular flexibility index (Phi) is 8.76. The molecule has 0 bridgehead atoms. The summed E-state index contributed by atoms with van der Waals surface area (Å²) in [7, 11) is 0. The van der Waals surface area contributed by atoms with E-state index in [4.69, 9.17) is 4.74 Å². The molecule has 0 unspecified atom stereocenters. The molecule has 2 aromatic carbocycles. The van der Waals surface area contributed by atoms with Gasteiger partial charge in [0.15, 0.2) is 0 Å². The van der Waals surface area contributed by atoms with E-state index < -0.39 is 17.3 Å². The van der Waals surface area contributed by atoms with E-state index >= 15 is 0 Å². The van der Waals surface area contributed by atoms with Gasteiger partial charge in [0.05, 0.1) is 17.0 Å². The Hall–Kier alpha value is -2.94. The van der Waals surface area contributed by atoms with Crippen LogP contribution in [0.3, 0.4) is 0 Å². The first-order chi connectivity index (χ1) is 16.8. The normalized spacial score (nSPS) is 17.5. The zero-order valence-corrected chi connectivity index (χ0v) is 22.3. The Morgan fingerprint density at radius 1 is 0.972 bits per heavy atom. The molecule has 3 N–H and O–H groups in total. The van der Waals surface area contributed by atoms with Crippen LogP contribution in [0.2, 0.25) is 0 Å². The number of amides is 2. The highest BCUT2D eigenvalue weighted by atomic mass is 16.6. The first kappa shape index (κ1) is 27.6. The van der Waals surface area contributed by atoms with E-state index in [0.29, 0.717) is 29.5 Å². The Bertz CT molecular complexity index is 1040. The molecule has 0 aliphatic carbocycles. The number of piperazine rings is 1. The quantitative estimate of drug-likeness (QED) is 0.520. The van der Waals surface area contributed by atoms with Gasteiger partial charge in [-0.15, -0.1) is 0 Å². The molecule has 1 heterocycles. The third-order valence-electron chi connectivity index (χ3n) is 5.87. The minimum Gasteiger partial charge on any atom is -0.444 e. The lowest BCUT2D eigenvalue weighted by Gasteiger charge is -2.42. The van der Waals surface area contributed by atoms with Crippen LogP contribution in [-0.4, -0.2) is 70.3 Å². The maximum atomic E-state index is 12.9. The van der Waals surface area contributed by atoms with Crippen molar-refractivity contribution in [2.45, 2.75) is 65.3 Å². The van der Waals surface area contributed by atoms with Crippen LogP contribution in [0, 0.1) is 0 Å². The molecule has 1 fully saturated rings. The lowest BCUT2D eigenvalue weighted by molar-refractivity contribution is -0.00507. The van der Waals surface area contributed by atoms with Crippen LogP contribution in [0.15, 0.2) is 48.5 Å². The van der Waals surface area contributed by atoms with Gasteiger partial charge in [-0.1, -0.05) is 24.3 Å². The standard InChI is InChI=1S/C28H40N4O4/c1-20-17-31(15-16-32(20)19-28(5,6)35)18-21-11-13-22(14-12-21)25(33)29-23-9-7-8-10-24(23)30-26(34)36-27(2,3)4/h7-14,20,35H,15-19H2,1-6H3,(H,29,33)(H,30,34)/t20-/m1/s1. The molecule has 1 aliphatic rings. The van der Waals surface area contributed by atoms with E-state index in [1.807, 2.05) is 38.1 Å². The highest BCUT2D eigenvalue weighted by Gasteiger charge is 2.27. The van der Waals surface area contributed by atoms with E-state index in [9.17, 15) is 14.7 Å². The fourth-order valence-electron chi connectivity index (χ4n) is 4.28. The molecule has 0 radical (unpaired) electrons. The Morgan fingerprint density at radius 2 is 1.58 bits per heavy atom. The minimum absolute atomic E-state index is 0.256. The van der Waals surface area contributed by atoms with Gasteiger partial charge in [0.2, 0.25) is 0 Å². The third kappa shape index (κ3) is 8.62. The maximum absolute atomic E-state index is 12.9. The van der Waals surface area contributed by atoms with Crippen LogP contribution in [0.4, 0.5) is 16.2 Å². The van der Waals surface area contributed by atoms with E-state index in [2.05, 4.69) is 27.4 Å². The summed E-state index contributed by atoms with van der Waals surface area (Å²) in [4.78, 5) is 29.8. The van der Waals surface area contributed by atoms with Crippen LogP contribution in [-0.2, 0) is 11.3 Å². The minimum atomic E-state index is -0.695. The fourth-order valence-corrected chi connectivity index (χ4v) is 4.28. The van der Waals surface area contributed by atoms with Crippen molar-refractivity contribution < 1.29 is 19.4 Å². The maximum Gasteiger partial charge on any atom is 0.412 e. The van der Waals surface area contributed by atoms with Crippen LogP contribution >= 0.6 is 0 Å². The second-order valence-corrected chi connectivity index (χ2v) is 11.2. The van der Waals surface area contributed by atoms with Gasteiger partial charge in [-0.25, -0.2) is 4.79 Å². The number of aliphatic hydroxyl groups is 1. The van der Waals surface area contributed by atoms with Crippen LogP contribution < -0.4 is 10.6 Å². The number of nitrogens with zero attached hydrogens (tertiary/aromatic N) is 2. The summed E-state index contributed by atoms with van der Waals surface area (Å²) >= 11 is 0. The van der Waals surface area contributed by atoms with Crippen LogP contribution in [0.5, 0.6) is 0 Å². The number of β-amino-alcohol motifs (C(OH)–C–C–N with tert-alkyl or cyclic N) is 1. The fraction of sp³-hybridized carbons (Fsp3) is 0.500. The Balaban J connectivity index is 1.57. The number of anilines is 2. The summed E-state index contributed by atoms with van der Waals surface area (Å²) in [6.07, 6.45) is -0.580. The lowest BCUT2D eigenvalue weighted by Crippen LogP contribution is -2.54. The van der Waals surface area contributed by atoms with Crippen molar-refractivity contribution in [2.75, 3.05) is 36.8 Å². The number of benzene rings is 2. The number of hydrogen-bond donors (Lipinski definition) is 3. The average Bonchev–Trinajstić information content (AvgIpc) is 2.75. The van der Waals surface area contributed by atoms with Crippen LogP contribution in [0.1, 0.15) is 57.5 Å². The summed E-state index contributed by atoms with van der Waals surface area (Å²) in [6, 6.07) is 15.0. The highest BCUT2D eigenvalue weighted by molar-refractivity contribution is 6.06. The summed E-state index contributed by atoms with van der Waals surface area (Å²) < 4.78 is 5.31. The number of rotatable bonds is 7. The van der Waals surface area contributed by atoms with Gasteiger partial charge in [-0.3, -0.25) is 19.9 Å². The molecular weight excluding hydrogens is 456 g/mol. The predicted octanol–water partition coefficient (Wildman–Crippen LogP) is 4.56. The Morgan fingerprint density at radius 3 is 2.14 bits per heavy atom. The first-order valence-electron chi connectivity index (χ1n) is 12.5. The second kappa shape index (κ2) is 11.4. The van der Waals surface area contributed by atoms with Gasteiger partial charge in [-0.05, 0) is 71.4 Å². The van der Waals surface area contributed by atoms with Gasteiger partial charge in [0, 0.05) is 44.3 Å². The van der Waals surface area contributed by atoms with Crippen molar-refractivity contribution >= 4 is 23.4 Å². The molecule has 2 aromatic rings. The SMILES string of the molecule is C[C@@H]1CN(Cc2ccc(C(=O)Nc3ccccc3NC(=O)OC(C)(C)C)cc2)CCN1CC(C)(C)O. The van der Waals surface area contributed by atoms with Crippen LogP contribution in [0.25, 0.3) is 0 Å². The number of carbonyl (C=O) groups is 2. The van der Waals surface area contributed by atoms with E-state index in [0.717, 1.165) is 31.7 Å². The largest absolute Gasteiger partial charge is 0.444 e. The van der Waals surface area contributed by atoms with Crippen molar-refractivity contribution in [3.8, 4) is 0 Å². The van der Waals surface area contributed by atoms with E-state index in [1.54, 1.807) is 45.0 Å². The summed E-state index contributed by atoms with van der Waals surface area (Å²) in [5, 5.41) is 15.7. The molecule has 3 rings (SSSR count). The van der Waals surface area contributed by atoms with E-state index in [1.165, 1.54) is 0 Å². The molecule has 0 saturated carbocycles. The predicted molar refractivity (Wildman–Crippen MR) is 143 cm³/mol. The summed E-state index contributed by atoms with van der Waals surface area (Å²) in [5.74, 6) is -0.256. The smallest absolute Gasteiger partial charge is 0.412 e. The third-order valence-corrected chi connectivity index (χ3v) is 5.87. The van der Waals surface area contributed by atoms with E-state index in [-0.39, 0.29) is 5.91 Å². The summed E-state index contributed by atoms with van der Waals surface area (Å²) in [6.45, 7) is 15.5. The zero-order chi connectivity index (χ0) is 26.5. The lowest BCUT2D eigenvalue weighted by atomic mass is 10.1. The molecule has 0 spiro atoms.